The van der Waals surface area contributed by atoms with E-state index in [4.69, 9.17) is 11.5 Å². The molecule has 1 aromatic heterocycles. The van der Waals surface area contributed by atoms with E-state index in [1.165, 1.54) is 0 Å². The van der Waals surface area contributed by atoms with E-state index in [0.29, 0.717) is 12.4 Å². The molecule has 1 heterocycles. The van der Waals surface area contributed by atoms with Gasteiger partial charge in [0, 0.05) is 10.0 Å². The largest absolute Gasteiger partial charge is 0.383 e. The summed E-state index contributed by atoms with van der Waals surface area (Å²) in [7, 11) is 0. The van der Waals surface area contributed by atoms with Gasteiger partial charge in [-0.05, 0) is 41.0 Å². The van der Waals surface area contributed by atoms with E-state index >= 15 is 0 Å². The second-order valence-electron chi connectivity index (χ2n) is 3.46. The van der Waals surface area contributed by atoms with Crippen molar-refractivity contribution in [2.75, 3.05) is 12.3 Å². The monoisotopic (exact) mass is 280 g/mol. The number of halogens is 1. The number of nitrogen functional groups attached to an aromatic ring is 1. The van der Waals surface area contributed by atoms with Crippen molar-refractivity contribution in [3.63, 3.8) is 0 Å². The van der Waals surface area contributed by atoms with Gasteiger partial charge in [0.25, 0.3) is 0 Å². The topological polar surface area (TPSA) is 69.9 Å². The third kappa shape index (κ3) is 1.96. The van der Waals surface area contributed by atoms with Crippen molar-refractivity contribution in [3.05, 3.63) is 40.5 Å². The summed E-state index contributed by atoms with van der Waals surface area (Å²) in [5.41, 5.74) is 13.4. The first-order valence-corrected chi connectivity index (χ1v) is 5.80. The van der Waals surface area contributed by atoms with Crippen LogP contribution in [0.5, 0.6) is 0 Å². The van der Waals surface area contributed by atoms with Gasteiger partial charge < -0.3 is 11.5 Å². The van der Waals surface area contributed by atoms with Crippen LogP contribution in [-0.4, -0.2) is 16.3 Å². The van der Waals surface area contributed by atoms with E-state index in [1.54, 1.807) is 10.9 Å². The van der Waals surface area contributed by atoms with E-state index in [-0.39, 0.29) is 0 Å². The molecule has 4 N–H and O–H groups in total. The lowest BCUT2D eigenvalue weighted by molar-refractivity contribution is 0.886. The summed E-state index contributed by atoms with van der Waals surface area (Å²) in [5, 5.41) is 4.27. The number of hydrogen-bond donors (Lipinski definition) is 2. The molecule has 16 heavy (non-hydrogen) atoms. The number of rotatable bonds is 3. The summed E-state index contributed by atoms with van der Waals surface area (Å²) >= 11 is 3.47. The van der Waals surface area contributed by atoms with Crippen LogP contribution in [-0.2, 0) is 6.42 Å². The van der Waals surface area contributed by atoms with Gasteiger partial charge in [-0.2, -0.15) is 5.10 Å². The number of nitrogens with zero attached hydrogens (tertiary/aromatic N) is 2. The number of benzene rings is 1. The Kier molecular flexibility index (Phi) is 3.26. The summed E-state index contributed by atoms with van der Waals surface area (Å²) in [6, 6.07) is 7.82. The zero-order valence-corrected chi connectivity index (χ0v) is 10.3. The number of anilines is 1. The molecule has 0 aliphatic carbocycles. The van der Waals surface area contributed by atoms with Crippen LogP contribution in [0.15, 0.2) is 34.9 Å². The molecular formula is C11H13BrN4. The van der Waals surface area contributed by atoms with Crippen LogP contribution in [0.3, 0.4) is 0 Å². The van der Waals surface area contributed by atoms with Crippen molar-refractivity contribution in [1.29, 1.82) is 0 Å². The van der Waals surface area contributed by atoms with E-state index in [9.17, 15) is 0 Å². The maximum Gasteiger partial charge on any atom is 0.130 e. The highest BCUT2D eigenvalue weighted by atomic mass is 79.9. The van der Waals surface area contributed by atoms with Gasteiger partial charge >= 0.3 is 0 Å². The maximum absolute atomic E-state index is 6.01. The van der Waals surface area contributed by atoms with Crippen molar-refractivity contribution in [1.82, 2.24) is 9.78 Å². The lowest BCUT2D eigenvalue weighted by atomic mass is 10.2. The fourth-order valence-corrected chi connectivity index (χ4v) is 2.01. The molecule has 2 aromatic rings. The Morgan fingerprint density at radius 2 is 2.06 bits per heavy atom. The molecule has 0 saturated heterocycles. The lowest BCUT2D eigenvalue weighted by Crippen LogP contribution is -2.07. The van der Waals surface area contributed by atoms with Crippen LogP contribution in [0.2, 0.25) is 0 Å². The SMILES string of the molecule is NCCc1cnn(-c2ccccc2Br)c1N. The Hall–Kier alpha value is -1.33. The van der Waals surface area contributed by atoms with Crippen molar-refractivity contribution in [2.45, 2.75) is 6.42 Å². The highest BCUT2D eigenvalue weighted by Crippen LogP contribution is 2.24. The Bertz CT molecular complexity index is 492. The van der Waals surface area contributed by atoms with Crippen LogP contribution < -0.4 is 11.5 Å². The van der Waals surface area contributed by atoms with Crippen molar-refractivity contribution in [3.8, 4) is 5.69 Å². The normalized spacial score (nSPS) is 10.6. The Labute approximate surface area is 102 Å². The lowest BCUT2D eigenvalue weighted by Gasteiger charge is -2.06. The molecule has 0 aliphatic heterocycles. The first-order valence-electron chi connectivity index (χ1n) is 5.01. The number of nitrogens with two attached hydrogens (primary N) is 2. The van der Waals surface area contributed by atoms with Gasteiger partial charge in [0.2, 0.25) is 0 Å². The number of aromatic nitrogens is 2. The van der Waals surface area contributed by atoms with Gasteiger partial charge in [-0.25, -0.2) is 4.68 Å². The summed E-state index contributed by atoms with van der Waals surface area (Å²) in [6.07, 6.45) is 2.51. The first-order chi connectivity index (χ1) is 7.74. The second kappa shape index (κ2) is 4.67. The average molecular weight is 281 g/mol. The fraction of sp³-hybridized carbons (Fsp3) is 0.182. The third-order valence-electron chi connectivity index (χ3n) is 2.38. The first kappa shape index (κ1) is 11.2. The van der Waals surface area contributed by atoms with Gasteiger partial charge in [-0.3, -0.25) is 0 Å². The number of hydrogen-bond acceptors (Lipinski definition) is 3. The molecule has 2 rings (SSSR count). The van der Waals surface area contributed by atoms with E-state index < -0.39 is 0 Å². The molecule has 0 amide bonds. The Morgan fingerprint density at radius 3 is 2.75 bits per heavy atom. The van der Waals surface area contributed by atoms with Crippen LogP contribution in [0.1, 0.15) is 5.56 Å². The Balaban J connectivity index is 2.45. The quantitative estimate of drug-likeness (QED) is 0.900. The molecule has 0 radical (unpaired) electrons. The van der Waals surface area contributed by atoms with Gasteiger partial charge in [0.1, 0.15) is 5.82 Å². The summed E-state index contributed by atoms with van der Waals surface area (Å²) in [4.78, 5) is 0. The van der Waals surface area contributed by atoms with Crippen LogP contribution in [0, 0.1) is 0 Å². The molecule has 5 heteroatoms. The van der Waals surface area contributed by atoms with Gasteiger partial charge in [0.05, 0.1) is 11.9 Å². The molecule has 0 aliphatic rings. The zero-order valence-electron chi connectivity index (χ0n) is 8.73. The fourth-order valence-electron chi connectivity index (χ4n) is 1.56. The predicted molar refractivity (Wildman–Crippen MR) is 68.4 cm³/mol. The molecule has 0 atom stereocenters. The molecule has 0 spiro atoms. The minimum absolute atomic E-state index is 0.575. The molecule has 4 nitrogen and oxygen atoms in total. The van der Waals surface area contributed by atoms with Gasteiger partial charge in [-0.15, -0.1) is 0 Å². The molecule has 0 unspecified atom stereocenters. The zero-order chi connectivity index (χ0) is 11.5. The number of para-hydroxylation sites is 1. The summed E-state index contributed by atoms with van der Waals surface area (Å²) in [5.74, 6) is 0.650. The van der Waals surface area contributed by atoms with Gasteiger partial charge in [-0.1, -0.05) is 12.1 Å². The standard InChI is InChI=1S/C11H13BrN4/c12-9-3-1-2-4-10(9)16-11(14)8(5-6-13)7-15-16/h1-4,7H,5-6,13-14H2. The average Bonchev–Trinajstić information content (AvgIpc) is 2.62. The van der Waals surface area contributed by atoms with E-state index in [2.05, 4.69) is 21.0 Å². The minimum Gasteiger partial charge on any atom is -0.383 e. The van der Waals surface area contributed by atoms with Crippen LogP contribution in [0.4, 0.5) is 5.82 Å². The Morgan fingerprint density at radius 1 is 1.31 bits per heavy atom. The van der Waals surface area contributed by atoms with Gasteiger partial charge in [0.15, 0.2) is 0 Å². The summed E-state index contributed by atoms with van der Waals surface area (Å²) in [6.45, 7) is 0.575. The van der Waals surface area contributed by atoms with Crippen molar-refractivity contribution >= 4 is 21.7 Å². The highest BCUT2D eigenvalue weighted by molar-refractivity contribution is 9.10. The van der Waals surface area contributed by atoms with E-state index in [0.717, 1.165) is 22.1 Å². The second-order valence-corrected chi connectivity index (χ2v) is 4.31. The smallest absolute Gasteiger partial charge is 0.130 e. The van der Waals surface area contributed by atoms with Crippen LogP contribution >= 0.6 is 15.9 Å². The van der Waals surface area contributed by atoms with Crippen molar-refractivity contribution < 1.29 is 0 Å². The maximum atomic E-state index is 6.01. The highest BCUT2D eigenvalue weighted by Gasteiger charge is 2.10. The minimum atomic E-state index is 0.575. The molecule has 0 saturated carbocycles. The molecule has 0 fully saturated rings. The predicted octanol–water partition coefficient (Wildman–Crippen LogP) is 1.72. The van der Waals surface area contributed by atoms with Crippen LogP contribution in [0.25, 0.3) is 5.69 Å². The molecule has 0 bridgehead atoms. The molecule has 84 valence electrons. The molecule has 1 aromatic carbocycles. The van der Waals surface area contributed by atoms with E-state index in [1.807, 2.05) is 24.3 Å². The summed E-state index contributed by atoms with van der Waals surface area (Å²) < 4.78 is 2.68. The third-order valence-corrected chi connectivity index (χ3v) is 3.05. The van der Waals surface area contributed by atoms with Crippen molar-refractivity contribution in [2.24, 2.45) is 5.73 Å². The molecular weight excluding hydrogens is 268 g/mol.